The van der Waals surface area contributed by atoms with E-state index in [1.54, 1.807) is 0 Å². The summed E-state index contributed by atoms with van der Waals surface area (Å²) < 4.78 is 29.8. The molecule has 1 aliphatic heterocycles. The Morgan fingerprint density at radius 1 is 1.38 bits per heavy atom. The molecule has 0 saturated carbocycles. The molecule has 0 bridgehead atoms. The van der Waals surface area contributed by atoms with Crippen molar-refractivity contribution in [2.24, 2.45) is 11.8 Å². The van der Waals surface area contributed by atoms with Crippen LogP contribution in [-0.2, 0) is 14.8 Å². The van der Waals surface area contributed by atoms with Gasteiger partial charge in [0.2, 0.25) is 10.0 Å². The molecular formula is C8H17NO3S. The Morgan fingerprint density at radius 3 is 2.46 bits per heavy atom. The van der Waals surface area contributed by atoms with Crippen molar-refractivity contribution >= 4 is 10.0 Å². The van der Waals surface area contributed by atoms with Gasteiger partial charge in [0.1, 0.15) is 0 Å². The second-order valence-electron chi connectivity index (χ2n) is 3.94. The predicted molar refractivity (Wildman–Crippen MR) is 50.9 cm³/mol. The Morgan fingerprint density at radius 2 is 2.00 bits per heavy atom. The highest BCUT2D eigenvalue weighted by Gasteiger charge is 2.32. The lowest BCUT2D eigenvalue weighted by Crippen LogP contribution is -2.40. The first kappa shape index (κ1) is 10.9. The van der Waals surface area contributed by atoms with Gasteiger partial charge < -0.3 is 4.74 Å². The molecule has 1 N–H and O–H groups in total. The number of sulfonamides is 1. The van der Waals surface area contributed by atoms with E-state index in [0.29, 0.717) is 25.0 Å². The van der Waals surface area contributed by atoms with E-state index in [9.17, 15) is 8.42 Å². The second-order valence-corrected chi connectivity index (χ2v) is 5.72. The van der Waals surface area contributed by atoms with Crippen LogP contribution in [0, 0.1) is 11.8 Å². The topological polar surface area (TPSA) is 55.4 Å². The lowest BCUT2D eigenvalue weighted by atomic mass is 9.92. The van der Waals surface area contributed by atoms with Crippen LogP contribution < -0.4 is 4.72 Å². The molecule has 1 saturated heterocycles. The molecule has 1 fully saturated rings. The molecule has 0 radical (unpaired) electrons. The van der Waals surface area contributed by atoms with Crippen molar-refractivity contribution in [1.29, 1.82) is 0 Å². The van der Waals surface area contributed by atoms with E-state index in [0.717, 1.165) is 0 Å². The lowest BCUT2D eigenvalue weighted by molar-refractivity contribution is 0.176. The van der Waals surface area contributed by atoms with Crippen LogP contribution in [0.3, 0.4) is 0 Å². The SMILES string of the molecule is CC(C)C1COCC1NS(C)(=O)=O. The third-order valence-corrected chi connectivity index (χ3v) is 3.08. The summed E-state index contributed by atoms with van der Waals surface area (Å²) in [5.41, 5.74) is 0. The summed E-state index contributed by atoms with van der Waals surface area (Å²) in [5, 5.41) is 0. The monoisotopic (exact) mass is 207 g/mol. The van der Waals surface area contributed by atoms with Crippen molar-refractivity contribution in [3.8, 4) is 0 Å². The number of ether oxygens (including phenoxy) is 1. The zero-order valence-electron chi connectivity index (χ0n) is 8.28. The zero-order chi connectivity index (χ0) is 10.1. The van der Waals surface area contributed by atoms with E-state index >= 15 is 0 Å². The Kier molecular flexibility index (Phi) is 3.32. The normalized spacial score (nSPS) is 29.8. The number of nitrogens with one attached hydrogen (secondary N) is 1. The molecule has 0 aromatic rings. The summed E-state index contributed by atoms with van der Waals surface area (Å²) >= 11 is 0. The maximum Gasteiger partial charge on any atom is 0.209 e. The van der Waals surface area contributed by atoms with Gasteiger partial charge in [-0.1, -0.05) is 13.8 Å². The predicted octanol–water partition coefficient (Wildman–Crippen LogP) is 0.207. The second kappa shape index (κ2) is 3.94. The third-order valence-electron chi connectivity index (χ3n) is 2.35. The third kappa shape index (κ3) is 3.25. The van der Waals surface area contributed by atoms with E-state index in [-0.39, 0.29) is 6.04 Å². The first-order valence-corrected chi connectivity index (χ1v) is 6.34. The molecule has 5 heteroatoms. The van der Waals surface area contributed by atoms with Crippen LogP contribution >= 0.6 is 0 Å². The largest absolute Gasteiger partial charge is 0.379 e. The Balaban J connectivity index is 2.59. The van der Waals surface area contributed by atoms with Crippen molar-refractivity contribution < 1.29 is 13.2 Å². The molecule has 13 heavy (non-hydrogen) atoms. The van der Waals surface area contributed by atoms with Gasteiger partial charge >= 0.3 is 0 Å². The van der Waals surface area contributed by atoms with Gasteiger partial charge in [0.25, 0.3) is 0 Å². The van der Waals surface area contributed by atoms with Crippen LogP contribution in [-0.4, -0.2) is 33.9 Å². The molecule has 2 atom stereocenters. The molecule has 4 nitrogen and oxygen atoms in total. The van der Waals surface area contributed by atoms with Crippen LogP contribution in [0.25, 0.3) is 0 Å². The van der Waals surface area contributed by atoms with E-state index in [1.807, 2.05) is 0 Å². The van der Waals surface area contributed by atoms with Gasteiger partial charge in [-0.3, -0.25) is 0 Å². The first-order valence-electron chi connectivity index (χ1n) is 4.45. The smallest absolute Gasteiger partial charge is 0.209 e. The molecule has 1 aliphatic rings. The maximum atomic E-state index is 11.0. The van der Waals surface area contributed by atoms with Crippen LogP contribution in [0.4, 0.5) is 0 Å². The Labute approximate surface area is 79.7 Å². The quantitative estimate of drug-likeness (QED) is 0.719. The molecule has 0 aromatic carbocycles. The minimum atomic E-state index is -3.10. The van der Waals surface area contributed by atoms with Gasteiger partial charge in [-0.05, 0) is 5.92 Å². The Bertz CT molecular complexity index is 261. The first-order chi connectivity index (χ1) is 5.90. The van der Waals surface area contributed by atoms with Gasteiger partial charge in [-0.2, -0.15) is 0 Å². The van der Waals surface area contributed by atoms with E-state index in [4.69, 9.17) is 4.74 Å². The molecule has 0 amide bonds. The molecule has 78 valence electrons. The fourth-order valence-electron chi connectivity index (χ4n) is 1.62. The maximum absolute atomic E-state index is 11.0. The molecule has 0 aliphatic carbocycles. The highest BCUT2D eigenvalue weighted by Crippen LogP contribution is 2.22. The fraction of sp³-hybridized carbons (Fsp3) is 1.00. The van der Waals surface area contributed by atoms with Crippen molar-refractivity contribution in [3.05, 3.63) is 0 Å². The van der Waals surface area contributed by atoms with Gasteiger partial charge in [-0.15, -0.1) is 0 Å². The van der Waals surface area contributed by atoms with E-state index in [1.165, 1.54) is 6.26 Å². The highest BCUT2D eigenvalue weighted by molar-refractivity contribution is 7.88. The molecule has 0 aromatic heterocycles. The summed E-state index contributed by atoms with van der Waals surface area (Å²) in [4.78, 5) is 0. The summed E-state index contributed by atoms with van der Waals surface area (Å²) in [6.45, 7) is 5.31. The van der Waals surface area contributed by atoms with Crippen LogP contribution in [0.1, 0.15) is 13.8 Å². The average Bonchev–Trinajstić information content (AvgIpc) is 2.31. The van der Waals surface area contributed by atoms with Crippen molar-refractivity contribution in [3.63, 3.8) is 0 Å². The molecule has 1 heterocycles. The summed E-state index contributed by atoms with van der Waals surface area (Å²) in [6, 6.07) is -0.0463. The number of rotatable bonds is 3. The van der Waals surface area contributed by atoms with Crippen LogP contribution in [0.5, 0.6) is 0 Å². The number of hydrogen-bond donors (Lipinski definition) is 1. The summed E-state index contributed by atoms with van der Waals surface area (Å²) in [5.74, 6) is 0.747. The molecule has 0 spiro atoms. The van der Waals surface area contributed by atoms with E-state index in [2.05, 4.69) is 18.6 Å². The summed E-state index contributed by atoms with van der Waals surface area (Å²) in [7, 11) is -3.10. The highest BCUT2D eigenvalue weighted by atomic mass is 32.2. The van der Waals surface area contributed by atoms with Crippen molar-refractivity contribution in [2.75, 3.05) is 19.5 Å². The van der Waals surface area contributed by atoms with Crippen LogP contribution in [0.2, 0.25) is 0 Å². The lowest BCUT2D eigenvalue weighted by Gasteiger charge is -2.20. The van der Waals surface area contributed by atoms with E-state index < -0.39 is 10.0 Å². The van der Waals surface area contributed by atoms with Crippen LogP contribution in [0.15, 0.2) is 0 Å². The Hall–Kier alpha value is -0.130. The van der Waals surface area contributed by atoms with Gasteiger partial charge in [0.05, 0.1) is 25.5 Å². The van der Waals surface area contributed by atoms with Gasteiger partial charge in [0, 0.05) is 5.92 Å². The average molecular weight is 207 g/mol. The minimum absolute atomic E-state index is 0.0463. The zero-order valence-corrected chi connectivity index (χ0v) is 9.10. The fourth-order valence-corrected chi connectivity index (χ4v) is 2.42. The van der Waals surface area contributed by atoms with Gasteiger partial charge in [0.15, 0.2) is 0 Å². The van der Waals surface area contributed by atoms with Gasteiger partial charge in [-0.25, -0.2) is 13.1 Å². The molecule has 2 unspecified atom stereocenters. The standard InChI is InChI=1S/C8H17NO3S/c1-6(2)7-4-12-5-8(7)9-13(3,10)11/h6-9H,4-5H2,1-3H3. The van der Waals surface area contributed by atoms with Crippen molar-refractivity contribution in [1.82, 2.24) is 4.72 Å². The number of hydrogen-bond acceptors (Lipinski definition) is 3. The molecular weight excluding hydrogens is 190 g/mol. The van der Waals surface area contributed by atoms with Crippen molar-refractivity contribution in [2.45, 2.75) is 19.9 Å². The summed E-state index contributed by atoms with van der Waals surface area (Å²) in [6.07, 6.45) is 1.18. The molecule has 1 rings (SSSR count). The minimum Gasteiger partial charge on any atom is -0.379 e.